The van der Waals surface area contributed by atoms with Gasteiger partial charge >= 0.3 is 30.0 Å². The number of rotatable bonds is 34. The number of hydrogen-bond donors (Lipinski definition) is 15. The summed E-state index contributed by atoms with van der Waals surface area (Å²) in [5.74, 6) is -11.5. The van der Waals surface area contributed by atoms with E-state index in [1.807, 2.05) is 6.92 Å². The van der Waals surface area contributed by atoms with E-state index in [2.05, 4.69) is 57.2 Å². The Balaban J connectivity index is 0.802. The second-order valence-corrected chi connectivity index (χ2v) is 25.0. The van der Waals surface area contributed by atoms with Crippen molar-refractivity contribution in [3.8, 4) is 17.1 Å². The summed E-state index contributed by atoms with van der Waals surface area (Å²) in [5, 5.41) is 65.7. The molecule has 38 heteroatoms. The molecule has 36 nitrogen and oxygen atoms in total. The molecule has 6 heterocycles. The van der Waals surface area contributed by atoms with E-state index in [0.717, 1.165) is 32.7 Å². The number of pyridine rings is 2. The summed E-state index contributed by atoms with van der Waals surface area (Å²) < 4.78 is 17.4. The number of anilines is 2. The third-order valence-corrected chi connectivity index (χ3v) is 18.0. The van der Waals surface area contributed by atoms with E-state index in [1.54, 1.807) is 25.1 Å². The van der Waals surface area contributed by atoms with Gasteiger partial charge in [-0.15, -0.1) is 0 Å². The second kappa shape index (κ2) is 33.1. The fourth-order valence-corrected chi connectivity index (χ4v) is 12.6. The summed E-state index contributed by atoms with van der Waals surface area (Å²) in [7, 11) is 2.18. The van der Waals surface area contributed by atoms with Crippen LogP contribution in [0.25, 0.3) is 33.5 Å². The molecule has 99 heavy (non-hydrogen) atoms. The Bertz CT molecular complexity index is 4310. The Morgan fingerprint density at radius 3 is 2.22 bits per heavy atom. The van der Waals surface area contributed by atoms with Gasteiger partial charge in [0, 0.05) is 52.2 Å². The van der Waals surface area contributed by atoms with E-state index in [0.29, 0.717) is 46.4 Å². The number of aryl methyl sites for hydroxylation is 1. The number of nitrogens with two attached hydrogens (primary N) is 2. The highest BCUT2D eigenvalue weighted by Gasteiger charge is 2.46. The first-order valence-electron chi connectivity index (χ1n) is 30.5. The number of H-pyrrole nitrogens is 1. The van der Waals surface area contributed by atoms with Gasteiger partial charge in [-0.05, 0) is 86.2 Å². The molecule has 0 aliphatic carbocycles. The molecular formula is C61H68N16O20S2. The van der Waals surface area contributed by atoms with Crippen LogP contribution in [-0.4, -0.2) is 177 Å². The van der Waals surface area contributed by atoms with Crippen molar-refractivity contribution in [1.82, 2.24) is 61.4 Å². The summed E-state index contributed by atoms with van der Waals surface area (Å²) in [6.45, 7) is 3.25. The summed E-state index contributed by atoms with van der Waals surface area (Å²) in [6.07, 6.45) is -2.57. The molecule has 17 N–H and O–H groups in total. The van der Waals surface area contributed by atoms with Crippen molar-refractivity contribution in [1.29, 1.82) is 5.41 Å². The molecule has 0 saturated carbocycles. The predicted octanol–water partition coefficient (Wildman–Crippen LogP) is -0.226. The van der Waals surface area contributed by atoms with Crippen LogP contribution < -0.4 is 64.5 Å². The second-order valence-electron chi connectivity index (χ2n) is 22.4. The Hall–Kier alpha value is -11.3. The van der Waals surface area contributed by atoms with Crippen LogP contribution >= 0.6 is 21.6 Å². The van der Waals surface area contributed by atoms with Crippen LogP contribution in [0, 0.1) is 5.41 Å². The highest BCUT2D eigenvalue weighted by Crippen LogP contribution is 2.41. The molecule has 5 amide bonds. The summed E-state index contributed by atoms with van der Waals surface area (Å²) >= 11 is 0. The number of aliphatic carboxylic acids is 3. The minimum atomic E-state index is -2.00. The lowest BCUT2D eigenvalue weighted by atomic mass is 9.86. The zero-order valence-electron chi connectivity index (χ0n) is 52.8. The van der Waals surface area contributed by atoms with Crippen LogP contribution in [0.15, 0.2) is 64.3 Å². The molecular weight excluding hydrogens is 1340 g/mol. The first kappa shape index (κ1) is 73.5. The summed E-state index contributed by atoms with van der Waals surface area (Å²) in [4.78, 5) is 187. The number of amides is 5. The Labute approximate surface area is 567 Å². The van der Waals surface area contributed by atoms with Gasteiger partial charge in [-0.2, -0.15) is 4.98 Å². The molecule has 0 spiro atoms. The minimum Gasteiger partial charge on any atom is -0.481 e. The summed E-state index contributed by atoms with van der Waals surface area (Å²) in [5.41, 5.74) is 12.2. The fraction of sp³-hybridized carbons (Fsp3) is 0.377. The number of carboxylic acids is 3. The van der Waals surface area contributed by atoms with Crippen LogP contribution in [0.5, 0.6) is 5.75 Å². The molecule has 8 rings (SSSR count). The number of guanidine groups is 1. The Kier molecular flexibility index (Phi) is 24.6. The van der Waals surface area contributed by atoms with Crippen molar-refractivity contribution >= 4 is 127 Å². The smallest absolute Gasteiger partial charge is 0.481 e. The largest absolute Gasteiger partial charge is 0.513 e. The van der Waals surface area contributed by atoms with E-state index in [9.17, 15) is 82.8 Å². The molecule has 2 aromatic carbocycles. The number of ether oxygens (including phenoxy) is 3. The van der Waals surface area contributed by atoms with Gasteiger partial charge in [-0.25, -0.2) is 29.3 Å². The molecule has 6 aromatic rings. The maximum absolute atomic E-state index is 13.9. The molecule has 4 aromatic heterocycles. The number of nitrogen functional groups attached to an aromatic ring is 1. The number of hydrogen-bond acceptors (Lipinski definition) is 26. The van der Waals surface area contributed by atoms with E-state index in [4.69, 9.17) is 36.1 Å². The topological polar surface area (TPSA) is 563 Å². The van der Waals surface area contributed by atoms with Crippen molar-refractivity contribution in [3.05, 3.63) is 109 Å². The van der Waals surface area contributed by atoms with Crippen LogP contribution in [0.3, 0.4) is 0 Å². The van der Waals surface area contributed by atoms with Gasteiger partial charge in [0.25, 0.3) is 17.0 Å². The van der Waals surface area contributed by atoms with Gasteiger partial charge in [0.1, 0.15) is 49.4 Å². The van der Waals surface area contributed by atoms with Crippen molar-refractivity contribution in [2.75, 3.05) is 35.7 Å². The third-order valence-electron chi connectivity index (χ3n) is 15.6. The van der Waals surface area contributed by atoms with Crippen molar-refractivity contribution in [2.45, 2.75) is 121 Å². The van der Waals surface area contributed by atoms with Gasteiger partial charge < -0.3 is 92.7 Å². The normalized spacial score (nSPS) is 15.0. The van der Waals surface area contributed by atoms with Gasteiger partial charge in [0.2, 0.25) is 29.6 Å². The number of nitrogens with zero attached hydrogens (tertiary/aromatic N) is 5. The maximum atomic E-state index is 13.9. The number of carbonyl (C=O) groups is 11. The third kappa shape index (κ3) is 18.6. The number of fused-ring (bicyclic) bond motifs is 6. The average molecular weight is 1410 g/mol. The molecule has 0 saturated heterocycles. The Morgan fingerprint density at radius 2 is 1.55 bits per heavy atom. The van der Waals surface area contributed by atoms with Crippen LogP contribution in [0.1, 0.15) is 97.1 Å². The number of aromatic nitrogens is 6. The van der Waals surface area contributed by atoms with Crippen LogP contribution in [-0.2, 0) is 84.3 Å². The summed E-state index contributed by atoms with van der Waals surface area (Å²) in [6, 6.07) is 3.64. The quantitative estimate of drug-likeness (QED) is 0.00471. The monoisotopic (exact) mass is 1410 g/mol. The molecule has 2 aliphatic heterocycles. The molecule has 6 atom stereocenters. The highest BCUT2D eigenvalue weighted by molar-refractivity contribution is 8.76. The number of aliphatic hydroxyl groups is 1. The minimum absolute atomic E-state index is 0.0102. The number of aromatic amines is 1. The lowest BCUT2D eigenvalue weighted by molar-refractivity contribution is -0.172. The average Bonchev–Trinajstić information content (AvgIpc) is 1.62. The number of nitrogens with one attached hydrogen (secondary N) is 9. The number of aldehydes is 1. The SMILES string of the molecule is CCc1c2c(nc3ccc(OC(=O)OCCSSC[C@@H](C=O)NC(=O)[C@H](CC(=O)O)NC(=O)[C@@H](CCCNC(=N)N)NC(=O)[C@H](CC(=O)O)NC(=O)CC[C@H](NC(=O)c4ccc(NCc5cnc6nc(N)[nH]c(=O)c6n5)cc4)C(=O)O)cc13)-c1cc3c(c(=O)n1C2)COC(=O)[C@@]3(O)CC. The van der Waals surface area contributed by atoms with E-state index >= 15 is 0 Å². The number of esters is 1. The highest BCUT2D eigenvalue weighted by atomic mass is 33.1. The van der Waals surface area contributed by atoms with Crippen molar-refractivity contribution in [3.63, 3.8) is 0 Å². The van der Waals surface area contributed by atoms with Crippen molar-refractivity contribution < 1.29 is 87.4 Å². The molecule has 0 unspecified atom stereocenters. The van der Waals surface area contributed by atoms with E-state index < -0.39 is 138 Å². The Morgan fingerprint density at radius 1 is 0.848 bits per heavy atom. The predicted molar refractivity (Wildman–Crippen MR) is 352 cm³/mol. The fourth-order valence-electron chi connectivity index (χ4n) is 10.6. The van der Waals surface area contributed by atoms with Crippen LogP contribution in [0.4, 0.5) is 16.4 Å². The lowest BCUT2D eigenvalue weighted by Gasteiger charge is -2.31. The first-order chi connectivity index (χ1) is 47.2. The van der Waals surface area contributed by atoms with E-state index in [-0.39, 0.29) is 103 Å². The number of carbonyl (C=O) groups excluding carboxylic acids is 8. The number of cyclic esters (lactones) is 1. The standard InChI is InChI=1S/C61H68N16O20S2/c1-3-33-34-18-32(11-12-38(34)71-47-35(33)24-77-43(47)19-37-36(55(77)89)26-96-57(92)61(37,94)4-2)97-60(93)95-16-17-98-99-27-31(25-78)69-52(86)42(21-46(82)83)74-51(85)39(6-5-15-65-58(62)63)72-53(87)41(20-45(80)81)70-44(79)14-13-40(56(90)91)73-50(84)28-7-9-29(10-8-28)66-22-30-23-67-49-48(68-30)54(88)76-59(64)75-49/h7-12,18-19,23,25,31,39-42,66,94H,3-6,13-17,20-22,24,26-27H2,1-2H3,(H,69,86)(H,70,79)(H,72,87)(H,73,84)(H,74,85)(H,80,81)(H,82,83)(H,90,91)(H4,62,63,65)(H3,64,67,75,76,88)/t31-,39-,40+,41+,42+,61-/m1/s1. The maximum Gasteiger partial charge on any atom is 0.513 e. The van der Waals surface area contributed by atoms with Gasteiger partial charge in [0.15, 0.2) is 22.7 Å². The van der Waals surface area contributed by atoms with Gasteiger partial charge in [-0.1, -0.05) is 35.4 Å². The zero-order valence-corrected chi connectivity index (χ0v) is 54.4. The molecule has 0 bridgehead atoms. The van der Waals surface area contributed by atoms with Gasteiger partial charge in [-0.3, -0.25) is 53.5 Å². The molecule has 2 aliphatic rings. The van der Waals surface area contributed by atoms with Crippen molar-refractivity contribution in [2.24, 2.45) is 5.73 Å². The first-order valence-corrected chi connectivity index (χ1v) is 33.0. The van der Waals surface area contributed by atoms with Gasteiger partial charge in [0.05, 0.1) is 66.3 Å². The lowest BCUT2D eigenvalue weighted by Crippen LogP contribution is -2.58. The number of carboxylic acid groups (broad SMARTS) is 3. The molecule has 0 radical (unpaired) electrons. The molecule has 524 valence electrons. The molecule has 0 fully saturated rings. The zero-order chi connectivity index (χ0) is 71.8. The van der Waals surface area contributed by atoms with E-state index in [1.165, 1.54) is 41.1 Å². The van der Waals surface area contributed by atoms with Crippen LogP contribution in [0.2, 0.25) is 0 Å². The number of benzene rings is 2.